The number of nitrogens with zero attached hydrogens (tertiary/aromatic N) is 1. The number of rotatable bonds is 6. The smallest absolute Gasteiger partial charge is 0.227 e. The molecular weight excluding hydrogens is 361 g/mol. The SMILES string of the molecule is CN(C)CCNC(=O)C1CCC(C(=O)Nc2ccc(Cl)cc2Cl)CC1. The molecule has 2 amide bonds. The molecule has 0 aromatic heterocycles. The molecule has 0 radical (unpaired) electrons. The van der Waals surface area contributed by atoms with Crippen LogP contribution in [0.15, 0.2) is 18.2 Å². The lowest BCUT2D eigenvalue weighted by Crippen LogP contribution is -2.38. The summed E-state index contributed by atoms with van der Waals surface area (Å²) < 4.78 is 0. The van der Waals surface area contributed by atoms with Crippen LogP contribution in [0, 0.1) is 11.8 Å². The summed E-state index contributed by atoms with van der Waals surface area (Å²) in [7, 11) is 3.95. The second kappa shape index (κ2) is 9.41. The van der Waals surface area contributed by atoms with E-state index in [1.165, 1.54) is 0 Å². The van der Waals surface area contributed by atoms with Crippen LogP contribution in [-0.4, -0.2) is 43.9 Å². The molecule has 5 nitrogen and oxygen atoms in total. The highest BCUT2D eigenvalue weighted by atomic mass is 35.5. The number of carbonyl (C=O) groups excluding carboxylic acids is 2. The van der Waals surface area contributed by atoms with Gasteiger partial charge >= 0.3 is 0 Å². The van der Waals surface area contributed by atoms with E-state index < -0.39 is 0 Å². The summed E-state index contributed by atoms with van der Waals surface area (Å²) in [5, 5.41) is 6.79. The topological polar surface area (TPSA) is 61.4 Å². The van der Waals surface area contributed by atoms with Crippen LogP contribution in [-0.2, 0) is 9.59 Å². The Balaban J connectivity index is 1.79. The normalized spacial score (nSPS) is 20.4. The zero-order chi connectivity index (χ0) is 18.4. The lowest BCUT2D eigenvalue weighted by molar-refractivity contribution is -0.128. The fraction of sp³-hybridized carbons (Fsp3) is 0.556. The van der Waals surface area contributed by atoms with Crippen molar-refractivity contribution in [1.29, 1.82) is 0 Å². The van der Waals surface area contributed by atoms with Crippen molar-refractivity contribution in [3.63, 3.8) is 0 Å². The van der Waals surface area contributed by atoms with E-state index in [0.717, 1.165) is 19.4 Å². The molecule has 1 aromatic carbocycles. The largest absolute Gasteiger partial charge is 0.355 e. The van der Waals surface area contributed by atoms with E-state index in [1.807, 2.05) is 19.0 Å². The Morgan fingerprint density at radius 3 is 2.24 bits per heavy atom. The quantitative estimate of drug-likeness (QED) is 0.788. The van der Waals surface area contributed by atoms with Gasteiger partial charge in [-0.25, -0.2) is 0 Å². The minimum atomic E-state index is -0.0856. The number of anilines is 1. The van der Waals surface area contributed by atoms with Crippen molar-refractivity contribution < 1.29 is 9.59 Å². The minimum Gasteiger partial charge on any atom is -0.355 e. The van der Waals surface area contributed by atoms with Gasteiger partial charge in [0.1, 0.15) is 0 Å². The molecule has 0 atom stereocenters. The van der Waals surface area contributed by atoms with Crippen molar-refractivity contribution in [3.8, 4) is 0 Å². The van der Waals surface area contributed by atoms with Crippen molar-refractivity contribution >= 4 is 40.7 Å². The van der Waals surface area contributed by atoms with Crippen LogP contribution in [0.3, 0.4) is 0 Å². The molecule has 2 N–H and O–H groups in total. The van der Waals surface area contributed by atoms with Crippen molar-refractivity contribution in [3.05, 3.63) is 28.2 Å². The first kappa shape index (κ1) is 20.0. The van der Waals surface area contributed by atoms with Gasteiger partial charge in [0.2, 0.25) is 11.8 Å². The number of halogens is 2. The van der Waals surface area contributed by atoms with Gasteiger partial charge < -0.3 is 15.5 Å². The highest BCUT2D eigenvalue weighted by Gasteiger charge is 2.30. The zero-order valence-corrected chi connectivity index (χ0v) is 16.2. The summed E-state index contributed by atoms with van der Waals surface area (Å²) in [4.78, 5) is 26.6. The van der Waals surface area contributed by atoms with Gasteiger partial charge in [0.25, 0.3) is 0 Å². The number of hydrogen-bond donors (Lipinski definition) is 2. The lowest BCUT2D eigenvalue weighted by Gasteiger charge is -2.27. The summed E-state index contributed by atoms with van der Waals surface area (Å²) in [5.74, 6) is -0.0277. The maximum absolute atomic E-state index is 12.4. The maximum Gasteiger partial charge on any atom is 0.227 e. The molecule has 1 aliphatic carbocycles. The summed E-state index contributed by atoms with van der Waals surface area (Å²) in [6, 6.07) is 5.00. The number of likely N-dealkylation sites (N-methyl/N-ethyl adjacent to an activating group) is 1. The Labute approximate surface area is 159 Å². The van der Waals surface area contributed by atoms with Crippen molar-refractivity contribution in [2.75, 3.05) is 32.5 Å². The van der Waals surface area contributed by atoms with Gasteiger partial charge in [-0.15, -0.1) is 0 Å². The predicted molar refractivity (Wildman–Crippen MR) is 102 cm³/mol. The van der Waals surface area contributed by atoms with Crippen LogP contribution in [0.1, 0.15) is 25.7 Å². The van der Waals surface area contributed by atoms with Crippen LogP contribution in [0.2, 0.25) is 10.0 Å². The van der Waals surface area contributed by atoms with Crippen molar-refractivity contribution in [1.82, 2.24) is 10.2 Å². The molecule has 0 aliphatic heterocycles. The van der Waals surface area contributed by atoms with Crippen LogP contribution >= 0.6 is 23.2 Å². The van der Waals surface area contributed by atoms with Crippen LogP contribution < -0.4 is 10.6 Å². The standard InChI is InChI=1S/C18H25Cl2N3O2/c1-23(2)10-9-21-17(24)12-3-5-13(6-4-12)18(25)22-16-8-7-14(19)11-15(16)20/h7-8,11-13H,3-6,9-10H2,1-2H3,(H,21,24)(H,22,25). The molecule has 2 rings (SSSR count). The number of nitrogens with one attached hydrogen (secondary N) is 2. The molecule has 25 heavy (non-hydrogen) atoms. The number of carbonyl (C=O) groups is 2. The maximum atomic E-state index is 12.4. The third-order valence-corrected chi connectivity index (χ3v) is 5.06. The van der Waals surface area contributed by atoms with Gasteiger partial charge in [-0.2, -0.15) is 0 Å². The predicted octanol–water partition coefficient (Wildman–Crippen LogP) is 3.42. The summed E-state index contributed by atoms with van der Waals surface area (Å²) in [6.07, 6.45) is 2.89. The molecule has 0 spiro atoms. The average Bonchev–Trinajstić information content (AvgIpc) is 2.57. The molecule has 0 saturated heterocycles. The number of amides is 2. The lowest BCUT2D eigenvalue weighted by atomic mass is 9.81. The third-order valence-electron chi connectivity index (χ3n) is 4.52. The molecule has 1 saturated carbocycles. The fourth-order valence-electron chi connectivity index (χ4n) is 2.99. The second-order valence-corrected chi connectivity index (χ2v) is 7.60. The summed E-state index contributed by atoms with van der Waals surface area (Å²) >= 11 is 12.0. The highest BCUT2D eigenvalue weighted by molar-refractivity contribution is 6.36. The van der Waals surface area contributed by atoms with E-state index in [9.17, 15) is 9.59 Å². The van der Waals surface area contributed by atoms with E-state index in [1.54, 1.807) is 18.2 Å². The monoisotopic (exact) mass is 385 g/mol. The van der Waals surface area contributed by atoms with Crippen LogP contribution in [0.25, 0.3) is 0 Å². The Kier molecular flexibility index (Phi) is 7.54. The van der Waals surface area contributed by atoms with Crippen molar-refractivity contribution in [2.24, 2.45) is 11.8 Å². The molecule has 7 heteroatoms. The van der Waals surface area contributed by atoms with E-state index in [4.69, 9.17) is 23.2 Å². The van der Waals surface area contributed by atoms with Crippen LogP contribution in [0.5, 0.6) is 0 Å². The van der Waals surface area contributed by atoms with Crippen LogP contribution in [0.4, 0.5) is 5.69 Å². The van der Waals surface area contributed by atoms with E-state index >= 15 is 0 Å². The molecule has 1 aromatic rings. The molecular formula is C18H25Cl2N3O2. The first-order chi connectivity index (χ1) is 11.9. The van der Waals surface area contributed by atoms with Crippen molar-refractivity contribution in [2.45, 2.75) is 25.7 Å². The number of hydrogen-bond acceptors (Lipinski definition) is 3. The Morgan fingerprint density at radius 1 is 1.08 bits per heavy atom. The first-order valence-corrected chi connectivity index (χ1v) is 9.30. The average molecular weight is 386 g/mol. The summed E-state index contributed by atoms with van der Waals surface area (Å²) in [6.45, 7) is 1.48. The van der Waals surface area contributed by atoms with Gasteiger partial charge in [-0.1, -0.05) is 23.2 Å². The third kappa shape index (κ3) is 6.17. The number of benzene rings is 1. The molecule has 0 unspecified atom stereocenters. The van der Waals surface area contributed by atoms with E-state index in [0.29, 0.717) is 35.1 Å². The van der Waals surface area contributed by atoms with E-state index in [-0.39, 0.29) is 23.7 Å². The zero-order valence-electron chi connectivity index (χ0n) is 14.6. The molecule has 0 heterocycles. The Morgan fingerprint density at radius 2 is 1.68 bits per heavy atom. The second-order valence-electron chi connectivity index (χ2n) is 6.76. The Bertz CT molecular complexity index is 614. The minimum absolute atomic E-state index is 0.00494. The van der Waals surface area contributed by atoms with Gasteiger partial charge in [0.15, 0.2) is 0 Å². The van der Waals surface area contributed by atoms with Gasteiger partial charge in [0.05, 0.1) is 10.7 Å². The van der Waals surface area contributed by atoms with Gasteiger partial charge in [-0.3, -0.25) is 9.59 Å². The fourth-order valence-corrected chi connectivity index (χ4v) is 3.45. The first-order valence-electron chi connectivity index (χ1n) is 8.55. The van der Waals surface area contributed by atoms with Gasteiger partial charge in [0, 0.05) is 29.9 Å². The van der Waals surface area contributed by atoms with Gasteiger partial charge in [-0.05, 0) is 58.0 Å². The highest BCUT2D eigenvalue weighted by Crippen LogP contribution is 2.31. The Hall–Kier alpha value is -1.30. The molecule has 0 bridgehead atoms. The molecule has 1 fully saturated rings. The van der Waals surface area contributed by atoms with E-state index in [2.05, 4.69) is 10.6 Å². The summed E-state index contributed by atoms with van der Waals surface area (Å²) in [5.41, 5.74) is 0.569. The molecule has 1 aliphatic rings. The molecule has 138 valence electrons.